The van der Waals surface area contributed by atoms with E-state index >= 15 is 0 Å². The maximum atomic E-state index is 11.1. The average molecular weight is 417 g/mol. The monoisotopic (exact) mass is 416 g/mol. The molecule has 2 aliphatic rings. The Bertz CT molecular complexity index is 1070. The third kappa shape index (κ3) is 3.08. The van der Waals surface area contributed by atoms with E-state index in [1.807, 2.05) is 36.7 Å². The predicted octanol–water partition coefficient (Wildman–Crippen LogP) is 2.82. The minimum atomic E-state index is -0.940. The molecule has 0 spiro atoms. The van der Waals surface area contributed by atoms with Gasteiger partial charge in [0.05, 0.1) is 5.39 Å². The molecule has 2 saturated heterocycles. The van der Waals surface area contributed by atoms with Gasteiger partial charge in [0.25, 0.3) is 0 Å². The number of hydrogen-bond acceptors (Lipinski definition) is 7. The van der Waals surface area contributed by atoms with Crippen molar-refractivity contribution in [3.05, 3.63) is 53.4 Å². The number of nitrogen functional groups attached to an aromatic ring is 1. The third-order valence-corrected chi connectivity index (χ3v) is 5.62. The summed E-state index contributed by atoms with van der Waals surface area (Å²) in [5.74, 6) is -0.414. The van der Waals surface area contributed by atoms with Crippen LogP contribution in [0.4, 0.5) is 5.82 Å². The van der Waals surface area contributed by atoms with Crippen LogP contribution in [0.5, 0.6) is 0 Å². The van der Waals surface area contributed by atoms with Crippen LogP contribution in [0.15, 0.2) is 42.9 Å². The lowest BCUT2D eigenvalue weighted by Crippen LogP contribution is -2.34. The van der Waals surface area contributed by atoms with Gasteiger partial charge in [0.1, 0.15) is 42.2 Å². The van der Waals surface area contributed by atoms with Crippen LogP contribution < -0.4 is 5.73 Å². The number of aliphatic hydroxyl groups is 1. The average Bonchev–Trinajstić information content (AvgIpc) is 3.32. The molecule has 5 rings (SSSR count). The van der Waals surface area contributed by atoms with E-state index in [-0.39, 0.29) is 0 Å². The smallest absolute Gasteiger partial charge is 0.164 e. The Morgan fingerprint density at radius 2 is 2.00 bits per heavy atom. The minimum absolute atomic E-state index is 0.391. The van der Waals surface area contributed by atoms with Gasteiger partial charge in [-0.3, -0.25) is 0 Å². The number of aliphatic hydroxyl groups excluding tert-OH is 1. The Morgan fingerprint density at radius 3 is 2.79 bits per heavy atom. The van der Waals surface area contributed by atoms with Gasteiger partial charge in [0, 0.05) is 11.2 Å². The molecule has 0 bridgehead atoms. The summed E-state index contributed by atoms with van der Waals surface area (Å²) in [5.41, 5.74) is 7.25. The molecule has 3 N–H and O–H groups in total. The largest absolute Gasteiger partial charge is 0.386 e. The van der Waals surface area contributed by atoms with Crippen LogP contribution in [0.2, 0.25) is 5.02 Å². The molecule has 29 heavy (non-hydrogen) atoms. The van der Waals surface area contributed by atoms with Crippen LogP contribution in [0.3, 0.4) is 0 Å². The van der Waals surface area contributed by atoms with E-state index in [2.05, 4.69) is 9.97 Å². The molecule has 4 heterocycles. The fraction of sp³-hybridized carbons (Fsp3) is 0.400. The molecular formula is C20H21ClN4O4. The van der Waals surface area contributed by atoms with Gasteiger partial charge in [-0.2, -0.15) is 0 Å². The minimum Gasteiger partial charge on any atom is -0.386 e. The Morgan fingerprint density at radius 1 is 1.21 bits per heavy atom. The van der Waals surface area contributed by atoms with Gasteiger partial charge in [-0.1, -0.05) is 23.7 Å². The second kappa shape index (κ2) is 6.65. The molecule has 8 nitrogen and oxygen atoms in total. The second-order valence-electron chi connectivity index (χ2n) is 7.78. The summed E-state index contributed by atoms with van der Waals surface area (Å²) in [4.78, 5) is 8.38. The first kappa shape index (κ1) is 18.8. The van der Waals surface area contributed by atoms with Gasteiger partial charge in [-0.15, -0.1) is 0 Å². The number of nitrogens with zero attached hydrogens (tertiary/aromatic N) is 3. The van der Waals surface area contributed by atoms with Crippen molar-refractivity contribution in [3.8, 4) is 0 Å². The van der Waals surface area contributed by atoms with Crippen LogP contribution >= 0.6 is 11.6 Å². The Hall–Kier alpha value is -2.23. The van der Waals surface area contributed by atoms with Crippen molar-refractivity contribution in [1.82, 2.24) is 14.5 Å². The van der Waals surface area contributed by atoms with Crippen molar-refractivity contribution >= 4 is 28.5 Å². The summed E-state index contributed by atoms with van der Waals surface area (Å²) >= 11 is 6.10. The lowest BCUT2D eigenvalue weighted by molar-refractivity contribution is -0.207. The van der Waals surface area contributed by atoms with Crippen molar-refractivity contribution in [2.24, 2.45) is 0 Å². The molecule has 0 aliphatic carbocycles. The van der Waals surface area contributed by atoms with Crippen molar-refractivity contribution in [3.63, 3.8) is 0 Å². The topological polar surface area (TPSA) is 105 Å². The number of nitrogens with two attached hydrogens (primary N) is 1. The molecule has 2 aromatic heterocycles. The molecule has 0 amide bonds. The number of anilines is 1. The number of hydrogen-bond donors (Lipinski definition) is 2. The zero-order valence-corrected chi connectivity index (χ0v) is 16.7. The number of benzene rings is 1. The van der Waals surface area contributed by atoms with Crippen LogP contribution in [0.1, 0.15) is 31.7 Å². The van der Waals surface area contributed by atoms with Gasteiger partial charge in [-0.05, 0) is 37.6 Å². The van der Waals surface area contributed by atoms with E-state index in [0.29, 0.717) is 22.1 Å². The number of fused-ring (bicyclic) bond motifs is 2. The summed E-state index contributed by atoms with van der Waals surface area (Å²) in [6.45, 7) is 3.69. The highest BCUT2D eigenvalue weighted by Gasteiger charge is 2.58. The first-order valence-corrected chi connectivity index (χ1v) is 9.73. The van der Waals surface area contributed by atoms with Crippen LogP contribution in [0.25, 0.3) is 11.0 Å². The Balaban J connectivity index is 1.54. The van der Waals surface area contributed by atoms with Crippen molar-refractivity contribution in [1.29, 1.82) is 0 Å². The molecule has 0 saturated carbocycles. The summed E-state index contributed by atoms with van der Waals surface area (Å²) in [5, 5.41) is 12.3. The quantitative estimate of drug-likeness (QED) is 0.676. The maximum Gasteiger partial charge on any atom is 0.164 e. The fourth-order valence-corrected chi connectivity index (χ4v) is 4.36. The highest BCUT2D eigenvalue weighted by Crippen LogP contribution is 2.47. The normalized spacial score (nSPS) is 29.2. The number of rotatable bonds is 3. The lowest BCUT2D eigenvalue weighted by Gasteiger charge is -2.27. The molecule has 1 aromatic carbocycles. The van der Waals surface area contributed by atoms with Crippen LogP contribution in [-0.2, 0) is 14.2 Å². The highest BCUT2D eigenvalue weighted by molar-refractivity contribution is 6.30. The summed E-state index contributed by atoms with van der Waals surface area (Å²) in [7, 11) is 0. The number of aromatic nitrogens is 3. The summed E-state index contributed by atoms with van der Waals surface area (Å²) in [6.07, 6.45) is 0.200. The van der Waals surface area contributed by atoms with Gasteiger partial charge in [0.2, 0.25) is 0 Å². The molecule has 2 fully saturated rings. The zero-order valence-electron chi connectivity index (χ0n) is 15.9. The SMILES string of the molecule is CC1(C)O[C@@H]2[C@H](O1)[C@@H](C(O)c1cccc(Cl)c1)O[C@H]2n1ccc2c(N)ncnc21. The van der Waals surface area contributed by atoms with Gasteiger partial charge < -0.3 is 29.6 Å². The number of halogens is 1. The maximum absolute atomic E-state index is 11.1. The zero-order chi connectivity index (χ0) is 20.3. The van der Waals surface area contributed by atoms with Gasteiger partial charge in [0.15, 0.2) is 12.0 Å². The van der Waals surface area contributed by atoms with Crippen LogP contribution in [-0.4, -0.2) is 43.7 Å². The Labute approximate surface area is 172 Å². The molecule has 1 unspecified atom stereocenters. The predicted molar refractivity (Wildman–Crippen MR) is 106 cm³/mol. The molecule has 152 valence electrons. The van der Waals surface area contributed by atoms with Gasteiger partial charge in [-0.25, -0.2) is 9.97 Å². The summed E-state index contributed by atoms with van der Waals surface area (Å²) < 4.78 is 20.4. The van der Waals surface area contributed by atoms with Crippen molar-refractivity contribution < 1.29 is 19.3 Å². The molecule has 9 heteroatoms. The lowest BCUT2D eigenvalue weighted by atomic mass is 9.99. The molecule has 2 aliphatic heterocycles. The second-order valence-corrected chi connectivity index (χ2v) is 8.21. The fourth-order valence-electron chi connectivity index (χ4n) is 4.16. The first-order chi connectivity index (χ1) is 13.8. The molecule has 5 atom stereocenters. The van der Waals surface area contributed by atoms with E-state index in [1.54, 1.807) is 18.2 Å². The standard InChI is InChI=1S/C20H21ClN4O4/c1-20(2)28-15-14(13(26)10-4-3-5-11(21)8-10)27-19(16(15)29-20)25-7-6-12-17(22)23-9-24-18(12)25/h3-9,13-16,19,26H,1-2H3,(H2,22,23,24)/t13?,14-,15-,16-,19-/m1/s1. The van der Waals surface area contributed by atoms with E-state index in [4.69, 9.17) is 31.5 Å². The van der Waals surface area contributed by atoms with Crippen molar-refractivity contribution in [2.75, 3.05) is 5.73 Å². The molecule has 0 radical (unpaired) electrons. The van der Waals surface area contributed by atoms with Crippen LogP contribution in [0, 0.1) is 0 Å². The van der Waals surface area contributed by atoms with E-state index < -0.39 is 36.4 Å². The van der Waals surface area contributed by atoms with Gasteiger partial charge >= 0.3 is 0 Å². The molecule has 3 aromatic rings. The van der Waals surface area contributed by atoms with E-state index in [9.17, 15) is 5.11 Å². The third-order valence-electron chi connectivity index (χ3n) is 5.38. The summed E-state index contributed by atoms with van der Waals surface area (Å²) in [6, 6.07) is 8.91. The molecular weight excluding hydrogens is 396 g/mol. The highest BCUT2D eigenvalue weighted by atomic mass is 35.5. The first-order valence-electron chi connectivity index (χ1n) is 9.36. The number of ether oxygens (including phenoxy) is 3. The Kier molecular flexibility index (Phi) is 4.30. The van der Waals surface area contributed by atoms with E-state index in [1.165, 1.54) is 6.33 Å². The van der Waals surface area contributed by atoms with E-state index in [0.717, 1.165) is 5.39 Å². The van der Waals surface area contributed by atoms with Crippen molar-refractivity contribution in [2.45, 2.75) is 50.3 Å².